The van der Waals surface area contributed by atoms with Crippen LogP contribution < -0.4 is 5.32 Å². The highest BCUT2D eigenvalue weighted by atomic mass is 16.3. The van der Waals surface area contributed by atoms with Crippen LogP contribution in [0.3, 0.4) is 0 Å². The molecule has 2 rings (SSSR count). The summed E-state index contributed by atoms with van der Waals surface area (Å²) in [5.74, 6) is 0.376. The number of piperidine rings is 1. The number of aliphatic hydroxyl groups excluding tert-OH is 1. The van der Waals surface area contributed by atoms with Crippen molar-refractivity contribution in [2.45, 2.75) is 25.9 Å². The molecule has 1 saturated heterocycles. The Balaban J connectivity index is 2.01. The first kappa shape index (κ1) is 10.7. The summed E-state index contributed by atoms with van der Waals surface area (Å²) < 4.78 is 0. The molecule has 0 spiro atoms. The molecule has 1 aliphatic heterocycles. The third-order valence-electron chi connectivity index (χ3n) is 3.15. The van der Waals surface area contributed by atoms with Crippen molar-refractivity contribution in [3.05, 3.63) is 35.4 Å². The minimum absolute atomic E-state index is 0.133. The molecule has 15 heavy (non-hydrogen) atoms. The molecule has 2 nitrogen and oxygen atoms in total. The molecule has 82 valence electrons. The van der Waals surface area contributed by atoms with Gasteiger partial charge in [-0.05, 0) is 31.9 Å². The van der Waals surface area contributed by atoms with Crippen molar-refractivity contribution in [3.8, 4) is 0 Å². The lowest BCUT2D eigenvalue weighted by molar-refractivity contribution is 0.0791. The molecule has 1 aromatic carbocycles. The normalized spacial score (nSPS) is 26.5. The van der Waals surface area contributed by atoms with Gasteiger partial charge in [-0.2, -0.15) is 0 Å². The van der Waals surface area contributed by atoms with Crippen LogP contribution in [0.5, 0.6) is 0 Å². The number of rotatable bonds is 2. The predicted molar refractivity (Wildman–Crippen MR) is 61.9 cm³/mol. The van der Waals surface area contributed by atoms with Crippen LogP contribution in [0.25, 0.3) is 0 Å². The van der Waals surface area contributed by atoms with Crippen LogP contribution in [0.1, 0.15) is 17.5 Å². The molecule has 0 saturated carbocycles. The fraction of sp³-hybridized carbons (Fsp3) is 0.538. The highest BCUT2D eigenvalue weighted by Crippen LogP contribution is 2.17. The zero-order valence-corrected chi connectivity index (χ0v) is 9.24. The molecule has 1 aliphatic rings. The summed E-state index contributed by atoms with van der Waals surface area (Å²) >= 11 is 0. The number of benzene rings is 1. The number of hydrogen-bond acceptors (Lipinski definition) is 2. The highest BCUT2D eigenvalue weighted by Gasteiger charge is 2.22. The molecular formula is C13H19NO. The van der Waals surface area contributed by atoms with Crippen molar-refractivity contribution in [2.24, 2.45) is 5.92 Å². The van der Waals surface area contributed by atoms with Gasteiger partial charge in [-0.25, -0.2) is 0 Å². The van der Waals surface area contributed by atoms with Crippen molar-refractivity contribution in [3.63, 3.8) is 0 Å². The van der Waals surface area contributed by atoms with Gasteiger partial charge >= 0.3 is 0 Å². The fourth-order valence-electron chi connectivity index (χ4n) is 2.26. The lowest BCUT2D eigenvalue weighted by Crippen LogP contribution is -2.40. The van der Waals surface area contributed by atoms with E-state index in [1.54, 1.807) is 0 Å². The smallest absolute Gasteiger partial charge is 0.0595 e. The number of nitrogens with one attached hydrogen (secondary N) is 1. The zero-order chi connectivity index (χ0) is 10.7. The van der Waals surface area contributed by atoms with Crippen molar-refractivity contribution in [1.29, 1.82) is 0 Å². The highest BCUT2D eigenvalue weighted by molar-refractivity contribution is 5.22. The number of hydrogen-bond donors (Lipinski definition) is 2. The van der Waals surface area contributed by atoms with Crippen LogP contribution in [0.4, 0.5) is 0 Å². The van der Waals surface area contributed by atoms with E-state index in [4.69, 9.17) is 0 Å². The molecule has 2 unspecified atom stereocenters. The van der Waals surface area contributed by atoms with Crippen LogP contribution in [-0.4, -0.2) is 24.3 Å². The summed E-state index contributed by atoms with van der Waals surface area (Å²) in [4.78, 5) is 0. The Hall–Kier alpha value is -0.860. The molecule has 0 amide bonds. The minimum Gasteiger partial charge on any atom is -0.393 e. The minimum atomic E-state index is -0.133. The van der Waals surface area contributed by atoms with E-state index in [9.17, 15) is 5.11 Å². The predicted octanol–water partition coefficient (Wildman–Crippen LogP) is 1.51. The van der Waals surface area contributed by atoms with Crippen molar-refractivity contribution in [1.82, 2.24) is 5.32 Å². The second-order valence-electron chi connectivity index (χ2n) is 4.51. The van der Waals surface area contributed by atoms with Gasteiger partial charge in [0.1, 0.15) is 0 Å². The maximum Gasteiger partial charge on any atom is 0.0595 e. The summed E-state index contributed by atoms with van der Waals surface area (Å²) in [6.45, 7) is 4.00. The third-order valence-corrected chi connectivity index (χ3v) is 3.15. The molecular weight excluding hydrogens is 186 g/mol. The molecule has 0 aromatic heterocycles. The molecule has 2 N–H and O–H groups in total. The Morgan fingerprint density at radius 1 is 1.47 bits per heavy atom. The second-order valence-corrected chi connectivity index (χ2v) is 4.51. The first-order chi connectivity index (χ1) is 7.25. The standard InChI is InChI=1S/C13H19NO/c1-10-3-2-4-11(7-10)8-12-9-14-6-5-13(12)15/h2-4,7,12-15H,5-6,8-9H2,1H3. The molecule has 1 aromatic rings. The van der Waals surface area contributed by atoms with Gasteiger partial charge in [0.25, 0.3) is 0 Å². The lowest BCUT2D eigenvalue weighted by Gasteiger charge is -2.28. The van der Waals surface area contributed by atoms with Crippen LogP contribution >= 0.6 is 0 Å². The summed E-state index contributed by atoms with van der Waals surface area (Å²) in [6, 6.07) is 8.56. The van der Waals surface area contributed by atoms with Crippen LogP contribution in [0, 0.1) is 12.8 Å². The molecule has 1 fully saturated rings. The summed E-state index contributed by atoms with van der Waals surface area (Å²) in [6.07, 6.45) is 1.73. The zero-order valence-electron chi connectivity index (χ0n) is 9.24. The van der Waals surface area contributed by atoms with E-state index in [0.717, 1.165) is 25.9 Å². The van der Waals surface area contributed by atoms with Crippen molar-refractivity contribution >= 4 is 0 Å². The van der Waals surface area contributed by atoms with Gasteiger partial charge in [0.05, 0.1) is 6.10 Å². The van der Waals surface area contributed by atoms with E-state index in [1.807, 2.05) is 0 Å². The summed E-state index contributed by atoms with van der Waals surface area (Å²) in [7, 11) is 0. The van der Waals surface area contributed by atoms with Gasteiger partial charge in [0.2, 0.25) is 0 Å². The van der Waals surface area contributed by atoms with Crippen LogP contribution in [-0.2, 0) is 6.42 Å². The van der Waals surface area contributed by atoms with Gasteiger partial charge < -0.3 is 10.4 Å². The summed E-state index contributed by atoms with van der Waals surface area (Å²) in [5.41, 5.74) is 2.63. The SMILES string of the molecule is Cc1cccc(CC2CNCCC2O)c1. The van der Waals surface area contributed by atoms with Gasteiger partial charge in [-0.15, -0.1) is 0 Å². The average molecular weight is 205 g/mol. The van der Waals surface area contributed by atoms with Gasteiger partial charge in [0.15, 0.2) is 0 Å². The van der Waals surface area contributed by atoms with Crippen LogP contribution in [0.15, 0.2) is 24.3 Å². The molecule has 1 heterocycles. The second kappa shape index (κ2) is 4.77. The van der Waals surface area contributed by atoms with Gasteiger partial charge in [0, 0.05) is 12.5 Å². The first-order valence-electron chi connectivity index (χ1n) is 5.70. The molecule has 0 aliphatic carbocycles. The lowest BCUT2D eigenvalue weighted by atomic mass is 9.89. The van der Waals surface area contributed by atoms with Crippen LogP contribution in [0.2, 0.25) is 0 Å². The molecule has 2 heteroatoms. The van der Waals surface area contributed by atoms with E-state index in [-0.39, 0.29) is 6.10 Å². The van der Waals surface area contributed by atoms with E-state index < -0.39 is 0 Å². The number of aliphatic hydroxyl groups is 1. The first-order valence-corrected chi connectivity index (χ1v) is 5.70. The third kappa shape index (κ3) is 2.80. The Morgan fingerprint density at radius 3 is 3.07 bits per heavy atom. The monoisotopic (exact) mass is 205 g/mol. The van der Waals surface area contributed by atoms with Gasteiger partial charge in [-0.1, -0.05) is 29.8 Å². The maximum absolute atomic E-state index is 9.86. The molecule has 2 atom stereocenters. The Kier molecular flexibility index (Phi) is 3.39. The van der Waals surface area contributed by atoms with E-state index >= 15 is 0 Å². The van der Waals surface area contributed by atoms with Crippen molar-refractivity contribution in [2.75, 3.05) is 13.1 Å². The fourth-order valence-corrected chi connectivity index (χ4v) is 2.26. The van der Waals surface area contributed by atoms with E-state index in [0.29, 0.717) is 5.92 Å². The van der Waals surface area contributed by atoms with E-state index in [1.165, 1.54) is 11.1 Å². The maximum atomic E-state index is 9.86. The Labute approximate surface area is 91.3 Å². The molecule has 0 radical (unpaired) electrons. The Bertz CT molecular complexity index is 324. The summed E-state index contributed by atoms with van der Waals surface area (Å²) in [5, 5.41) is 13.2. The quantitative estimate of drug-likeness (QED) is 0.767. The van der Waals surface area contributed by atoms with E-state index in [2.05, 4.69) is 36.5 Å². The number of aryl methyl sites for hydroxylation is 1. The van der Waals surface area contributed by atoms with Gasteiger partial charge in [-0.3, -0.25) is 0 Å². The Morgan fingerprint density at radius 2 is 2.33 bits per heavy atom. The molecule has 0 bridgehead atoms. The van der Waals surface area contributed by atoms with Crippen molar-refractivity contribution < 1.29 is 5.11 Å². The largest absolute Gasteiger partial charge is 0.393 e. The average Bonchev–Trinajstić information content (AvgIpc) is 2.22. The topological polar surface area (TPSA) is 32.3 Å².